The van der Waals surface area contributed by atoms with Crippen LogP contribution in [0.25, 0.3) is 16.7 Å². The van der Waals surface area contributed by atoms with E-state index in [0.717, 1.165) is 19.4 Å². The van der Waals surface area contributed by atoms with Crippen LogP contribution in [0.1, 0.15) is 23.1 Å². The van der Waals surface area contributed by atoms with E-state index in [1.165, 1.54) is 33.4 Å². The van der Waals surface area contributed by atoms with Crippen molar-refractivity contribution in [3.8, 4) is 11.1 Å². The minimum absolute atomic E-state index is 0.448. The normalized spacial score (nSPS) is 17.0. The highest BCUT2D eigenvalue weighted by molar-refractivity contribution is 5.67. The van der Waals surface area contributed by atoms with Crippen molar-refractivity contribution < 1.29 is 0 Å². The third-order valence-corrected chi connectivity index (χ3v) is 5.03. The second kappa shape index (κ2) is 7.67. The van der Waals surface area contributed by atoms with Gasteiger partial charge in [-0.15, -0.1) is 0 Å². The van der Waals surface area contributed by atoms with E-state index in [4.69, 9.17) is 0 Å². The highest BCUT2D eigenvalue weighted by atomic mass is 14.9. The second-order valence-corrected chi connectivity index (χ2v) is 7.06. The maximum Gasteiger partial charge on any atom is 0.0346 e. The minimum atomic E-state index is 0.448. The van der Waals surface area contributed by atoms with E-state index < -0.39 is 0 Å². The van der Waals surface area contributed by atoms with Crippen LogP contribution < -0.4 is 5.32 Å². The summed E-state index contributed by atoms with van der Waals surface area (Å²) in [7, 11) is 0. The molecule has 2 heteroatoms. The molecule has 1 N–H and O–H groups in total. The van der Waals surface area contributed by atoms with Gasteiger partial charge in [-0.25, -0.2) is 0 Å². The number of nitrogens with one attached hydrogen (secondary N) is 1. The van der Waals surface area contributed by atoms with Crippen LogP contribution in [0.4, 0.5) is 0 Å². The lowest BCUT2D eigenvalue weighted by atomic mass is 9.91. The van der Waals surface area contributed by atoms with Crippen molar-refractivity contribution in [3.05, 3.63) is 95.8 Å². The molecule has 0 saturated heterocycles. The first-order valence-corrected chi connectivity index (χ1v) is 9.27. The Morgan fingerprint density at radius 2 is 1.73 bits per heavy atom. The topological polar surface area (TPSA) is 24.9 Å². The number of aryl methyl sites for hydroxylation is 1. The fourth-order valence-corrected chi connectivity index (χ4v) is 3.59. The van der Waals surface area contributed by atoms with Crippen LogP contribution in [0.5, 0.6) is 0 Å². The molecule has 0 saturated carbocycles. The third-order valence-electron chi connectivity index (χ3n) is 5.03. The van der Waals surface area contributed by atoms with Gasteiger partial charge in [0, 0.05) is 30.5 Å². The summed E-state index contributed by atoms with van der Waals surface area (Å²) in [5, 5.41) is 3.63. The lowest BCUT2D eigenvalue weighted by molar-refractivity contribution is 0.532. The molecule has 0 spiro atoms. The molecule has 130 valence electrons. The molecule has 0 radical (unpaired) electrons. The number of rotatable bonds is 4. The lowest BCUT2D eigenvalue weighted by Gasteiger charge is -2.25. The summed E-state index contributed by atoms with van der Waals surface area (Å²) in [4.78, 5) is 4.47. The molecule has 2 heterocycles. The largest absolute Gasteiger partial charge is 0.310 e. The molecule has 1 aliphatic rings. The van der Waals surface area contributed by atoms with Crippen molar-refractivity contribution in [1.82, 2.24) is 10.3 Å². The van der Waals surface area contributed by atoms with E-state index in [1.54, 1.807) is 0 Å². The van der Waals surface area contributed by atoms with E-state index in [0.29, 0.717) is 6.04 Å². The number of nitrogens with zero attached hydrogens (tertiary/aromatic N) is 1. The zero-order chi connectivity index (χ0) is 17.8. The average Bonchev–Trinajstić information content (AvgIpc) is 2.70. The quantitative estimate of drug-likeness (QED) is 0.719. The number of hydrogen-bond acceptors (Lipinski definition) is 2. The van der Waals surface area contributed by atoms with Gasteiger partial charge in [0.1, 0.15) is 0 Å². The number of aromatic nitrogens is 1. The van der Waals surface area contributed by atoms with Crippen LogP contribution in [-0.2, 0) is 6.42 Å². The molecular formula is C24H24N2. The summed E-state index contributed by atoms with van der Waals surface area (Å²) in [5.41, 5.74) is 7.80. The van der Waals surface area contributed by atoms with Gasteiger partial charge in [-0.05, 0) is 48.1 Å². The maximum absolute atomic E-state index is 4.47. The number of hydrogen-bond donors (Lipinski definition) is 1. The Balaban J connectivity index is 1.48. The van der Waals surface area contributed by atoms with E-state index >= 15 is 0 Å². The van der Waals surface area contributed by atoms with Crippen molar-refractivity contribution in [2.45, 2.75) is 25.8 Å². The third kappa shape index (κ3) is 3.92. The molecule has 4 rings (SSSR count). The van der Waals surface area contributed by atoms with Crippen molar-refractivity contribution in [3.63, 3.8) is 0 Å². The monoisotopic (exact) mass is 340 g/mol. The molecule has 2 aromatic carbocycles. The smallest absolute Gasteiger partial charge is 0.0346 e. The molecule has 0 bridgehead atoms. The molecule has 3 aromatic rings. The fourth-order valence-electron chi connectivity index (χ4n) is 3.59. The van der Waals surface area contributed by atoms with Crippen LogP contribution in [0.3, 0.4) is 0 Å². The van der Waals surface area contributed by atoms with Gasteiger partial charge in [0.05, 0.1) is 0 Å². The highest BCUT2D eigenvalue weighted by Crippen LogP contribution is 2.25. The SMILES string of the molecule is Cc1ccc(C2=CCNC(Cc3cncc(-c4ccccc4)c3)C2)cc1. The fraction of sp³-hybridized carbons (Fsp3) is 0.208. The first kappa shape index (κ1) is 16.7. The predicted molar refractivity (Wildman–Crippen MR) is 109 cm³/mol. The first-order valence-electron chi connectivity index (χ1n) is 9.27. The molecule has 0 amide bonds. The van der Waals surface area contributed by atoms with Crippen molar-refractivity contribution in [2.24, 2.45) is 0 Å². The van der Waals surface area contributed by atoms with Gasteiger partial charge >= 0.3 is 0 Å². The Morgan fingerprint density at radius 1 is 0.923 bits per heavy atom. The van der Waals surface area contributed by atoms with E-state index in [-0.39, 0.29) is 0 Å². The van der Waals surface area contributed by atoms with Crippen molar-refractivity contribution in [2.75, 3.05) is 6.54 Å². The van der Waals surface area contributed by atoms with Gasteiger partial charge in [0.25, 0.3) is 0 Å². The Kier molecular flexibility index (Phi) is 4.94. The second-order valence-electron chi connectivity index (χ2n) is 7.06. The van der Waals surface area contributed by atoms with Gasteiger partial charge in [0.2, 0.25) is 0 Å². The maximum atomic E-state index is 4.47. The van der Waals surface area contributed by atoms with E-state index in [9.17, 15) is 0 Å². The molecule has 2 nitrogen and oxygen atoms in total. The zero-order valence-electron chi connectivity index (χ0n) is 15.2. The molecule has 0 fully saturated rings. The summed E-state index contributed by atoms with van der Waals surface area (Å²) in [6.45, 7) is 3.07. The van der Waals surface area contributed by atoms with E-state index in [1.807, 2.05) is 18.5 Å². The van der Waals surface area contributed by atoms with Gasteiger partial charge in [0.15, 0.2) is 0 Å². The summed E-state index contributed by atoms with van der Waals surface area (Å²) >= 11 is 0. The Bertz CT molecular complexity index is 895. The first-order chi connectivity index (χ1) is 12.8. The van der Waals surface area contributed by atoms with E-state index in [2.05, 4.69) is 77.9 Å². The standard InChI is InChI=1S/C24H24N2/c1-18-7-9-21(10-8-18)22-11-12-26-24(15-22)14-19-13-23(17-25-16-19)20-5-3-2-4-6-20/h2-11,13,16-17,24,26H,12,14-15H2,1H3. The lowest BCUT2D eigenvalue weighted by Crippen LogP contribution is -2.34. The van der Waals surface area contributed by atoms with Crippen LogP contribution in [0.15, 0.2) is 79.1 Å². The molecule has 26 heavy (non-hydrogen) atoms. The van der Waals surface area contributed by atoms with Gasteiger partial charge < -0.3 is 5.32 Å². The van der Waals surface area contributed by atoms with Crippen LogP contribution in [0.2, 0.25) is 0 Å². The average molecular weight is 340 g/mol. The number of pyridine rings is 1. The van der Waals surface area contributed by atoms with Crippen LogP contribution in [0, 0.1) is 6.92 Å². The van der Waals surface area contributed by atoms with Crippen LogP contribution >= 0.6 is 0 Å². The Hall–Kier alpha value is -2.71. The summed E-state index contributed by atoms with van der Waals surface area (Å²) in [6.07, 6.45) is 8.32. The zero-order valence-corrected chi connectivity index (χ0v) is 15.2. The molecule has 1 aliphatic heterocycles. The summed E-state index contributed by atoms with van der Waals surface area (Å²) in [5.74, 6) is 0. The van der Waals surface area contributed by atoms with Gasteiger partial charge in [-0.1, -0.05) is 66.2 Å². The number of benzene rings is 2. The minimum Gasteiger partial charge on any atom is -0.310 e. The summed E-state index contributed by atoms with van der Waals surface area (Å²) < 4.78 is 0. The highest BCUT2D eigenvalue weighted by Gasteiger charge is 2.17. The van der Waals surface area contributed by atoms with Crippen molar-refractivity contribution >= 4 is 5.57 Å². The molecular weight excluding hydrogens is 316 g/mol. The Morgan fingerprint density at radius 3 is 2.54 bits per heavy atom. The van der Waals surface area contributed by atoms with Gasteiger partial charge in [-0.2, -0.15) is 0 Å². The van der Waals surface area contributed by atoms with Gasteiger partial charge in [-0.3, -0.25) is 4.98 Å². The molecule has 1 unspecified atom stereocenters. The van der Waals surface area contributed by atoms with Crippen LogP contribution in [-0.4, -0.2) is 17.6 Å². The predicted octanol–water partition coefficient (Wildman–Crippen LogP) is 5.05. The van der Waals surface area contributed by atoms with Crippen molar-refractivity contribution in [1.29, 1.82) is 0 Å². The molecule has 0 aliphatic carbocycles. The molecule has 1 atom stereocenters. The summed E-state index contributed by atoms with van der Waals surface area (Å²) in [6, 6.07) is 22.1. The Labute approximate surface area is 155 Å². The molecule has 1 aromatic heterocycles.